The van der Waals surface area contributed by atoms with E-state index < -0.39 is 17.7 Å². The van der Waals surface area contributed by atoms with Gasteiger partial charge in [-0.2, -0.15) is 0 Å². The molecule has 0 spiro atoms. The number of primary amides is 1. The summed E-state index contributed by atoms with van der Waals surface area (Å²) in [5.41, 5.74) is 4.45. The van der Waals surface area contributed by atoms with E-state index in [0.29, 0.717) is 0 Å². The van der Waals surface area contributed by atoms with Crippen LogP contribution in [0, 0.1) is 0 Å². The highest BCUT2D eigenvalue weighted by Gasteiger charge is 1.96. The number of hydrogen-bond acceptors (Lipinski definition) is 5. The third kappa shape index (κ3) is 18.9. The molecule has 86 valence electrons. The van der Waals surface area contributed by atoms with Crippen LogP contribution < -0.4 is 11.1 Å². The van der Waals surface area contributed by atoms with E-state index in [1.807, 2.05) is 0 Å². The molecule has 0 fully saturated rings. The Balaban J connectivity index is 0. The number of nitrogens with two attached hydrogens (primary N) is 1. The van der Waals surface area contributed by atoms with Crippen molar-refractivity contribution in [3.63, 3.8) is 0 Å². The van der Waals surface area contributed by atoms with Crippen molar-refractivity contribution in [3.8, 4) is 0 Å². The third-order valence-corrected chi connectivity index (χ3v) is 0.997. The van der Waals surface area contributed by atoms with Crippen LogP contribution in [0.4, 0.5) is 0 Å². The Hall–Kier alpha value is -1.76. The predicted octanol–water partition coefficient (Wildman–Crippen LogP) is -1.69. The highest BCUT2D eigenvalue weighted by Crippen LogP contribution is 1.64. The van der Waals surface area contributed by atoms with Crippen LogP contribution >= 0.6 is 0 Å². The third-order valence-electron chi connectivity index (χ3n) is 0.997. The average molecular weight is 218 g/mol. The number of aliphatic carboxylic acids is 1. The smallest absolute Gasteiger partial charge is 0.317 e. The molecule has 0 aliphatic heterocycles. The zero-order valence-corrected chi connectivity index (χ0v) is 8.57. The maximum Gasteiger partial charge on any atom is 0.317 e. The first kappa shape index (κ1) is 15.7. The first-order chi connectivity index (χ1) is 6.77. The van der Waals surface area contributed by atoms with E-state index >= 15 is 0 Å². The minimum absolute atomic E-state index is 0.0590. The van der Waals surface area contributed by atoms with Crippen molar-refractivity contribution in [2.45, 2.75) is 13.8 Å². The second kappa shape index (κ2) is 8.82. The number of carboxylic acid groups (broad SMARTS) is 1. The van der Waals surface area contributed by atoms with Crippen LogP contribution in [0.1, 0.15) is 13.8 Å². The molecule has 0 bridgehead atoms. The van der Waals surface area contributed by atoms with Crippen LogP contribution in [0.15, 0.2) is 0 Å². The number of hydrogen-bond donors (Lipinski definition) is 3. The summed E-state index contributed by atoms with van der Waals surface area (Å²) in [6, 6.07) is 0. The fraction of sp³-hybridized carbons (Fsp3) is 0.500. The molecule has 0 aromatic carbocycles. The predicted molar refractivity (Wildman–Crippen MR) is 51.1 cm³/mol. The van der Waals surface area contributed by atoms with E-state index in [-0.39, 0.29) is 18.9 Å². The molecular formula is C8H14N2O5. The second-order valence-electron chi connectivity index (χ2n) is 2.62. The largest absolute Gasteiger partial charge is 0.480 e. The summed E-state index contributed by atoms with van der Waals surface area (Å²) in [7, 11) is 0. The van der Waals surface area contributed by atoms with Gasteiger partial charge in [-0.15, -0.1) is 0 Å². The topological polar surface area (TPSA) is 127 Å². The van der Waals surface area contributed by atoms with E-state index in [0.717, 1.165) is 6.92 Å². The molecule has 0 heterocycles. The second-order valence-corrected chi connectivity index (χ2v) is 2.62. The zero-order valence-electron chi connectivity index (χ0n) is 8.57. The lowest BCUT2D eigenvalue weighted by Gasteiger charge is -1.94. The Morgan fingerprint density at radius 2 is 1.53 bits per heavy atom. The molecule has 0 aromatic heterocycles. The Bertz CT molecular complexity index is 236. The van der Waals surface area contributed by atoms with Crippen LogP contribution in [-0.2, 0) is 19.2 Å². The molecule has 7 heteroatoms. The Labute approximate surface area is 86.6 Å². The quantitative estimate of drug-likeness (QED) is 0.472. The van der Waals surface area contributed by atoms with Gasteiger partial charge in [-0.3, -0.25) is 19.2 Å². The number of carboxylic acids is 1. The summed E-state index contributed by atoms with van der Waals surface area (Å²) in [4.78, 5) is 39.2. The van der Waals surface area contributed by atoms with Crippen molar-refractivity contribution in [2.75, 3.05) is 13.1 Å². The molecular weight excluding hydrogens is 204 g/mol. The van der Waals surface area contributed by atoms with Crippen LogP contribution in [-0.4, -0.2) is 41.6 Å². The lowest BCUT2D eigenvalue weighted by atomic mass is 10.4. The van der Waals surface area contributed by atoms with Gasteiger partial charge in [0.1, 0.15) is 5.78 Å². The van der Waals surface area contributed by atoms with Gasteiger partial charge in [0.2, 0.25) is 5.78 Å². The van der Waals surface area contributed by atoms with Crippen LogP contribution in [0.25, 0.3) is 0 Å². The summed E-state index contributed by atoms with van der Waals surface area (Å²) >= 11 is 0. The van der Waals surface area contributed by atoms with Crippen molar-refractivity contribution in [1.29, 1.82) is 0 Å². The summed E-state index contributed by atoms with van der Waals surface area (Å²) in [6.07, 6.45) is 0. The van der Waals surface area contributed by atoms with Gasteiger partial charge in [0.05, 0.1) is 13.1 Å². The normalized spacial score (nSPS) is 8.40. The number of ketones is 2. The summed E-state index contributed by atoms with van der Waals surface area (Å²) in [5.74, 6) is -2.49. The Kier molecular flexibility index (Phi) is 9.23. The van der Waals surface area contributed by atoms with Crippen molar-refractivity contribution in [3.05, 3.63) is 0 Å². The molecule has 0 rings (SSSR count). The van der Waals surface area contributed by atoms with Gasteiger partial charge in [-0.1, -0.05) is 0 Å². The minimum atomic E-state index is -0.948. The van der Waals surface area contributed by atoms with Crippen molar-refractivity contribution < 1.29 is 24.3 Å². The van der Waals surface area contributed by atoms with Gasteiger partial charge in [0, 0.05) is 6.92 Å². The summed E-state index contributed by atoms with van der Waals surface area (Å²) in [6.45, 7) is 2.50. The maximum atomic E-state index is 10.2. The average Bonchev–Trinajstić information content (AvgIpc) is 2.03. The van der Waals surface area contributed by atoms with Gasteiger partial charge in [-0.25, -0.2) is 0 Å². The first-order valence-corrected chi connectivity index (χ1v) is 3.99. The summed E-state index contributed by atoms with van der Waals surface area (Å²) < 4.78 is 0. The fourth-order valence-corrected chi connectivity index (χ4v) is 0.345. The van der Waals surface area contributed by atoms with Gasteiger partial charge in [-0.05, 0) is 6.92 Å². The lowest BCUT2D eigenvalue weighted by Crippen LogP contribution is -2.26. The number of carbonyl (C=O) groups excluding carboxylic acids is 3. The van der Waals surface area contributed by atoms with E-state index in [1.165, 1.54) is 6.92 Å². The van der Waals surface area contributed by atoms with Crippen LogP contribution in [0.2, 0.25) is 0 Å². The van der Waals surface area contributed by atoms with Gasteiger partial charge < -0.3 is 16.2 Å². The van der Waals surface area contributed by atoms with Gasteiger partial charge in [0.15, 0.2) is 0 Å². The van der Waals surface area contributed by atoms with Crippen LogP contribution in [0.3, 0.4) is 0 Å². The van der Waals surface area contributed by atoms with E-state index in [4.69, 9.17) is 5.11 Å². The number of rotatable bonds is 5. The van der Waals surface area contributed by atoms with E-state index in [9.17, 15) is 19.2 Å². The highest BCUT2D eigenvalue weighted by molar-refractivity contribution is 6.34. The number of carbonyl (C=O) groups is 4. The molecule has 0 aliphatic rings. The molecule has 0 aromatic rings. The van der Waals surface area contributed by atoms with Gasteiger partial charge >= 0.3 is 5.97 Å². The molecule has 7 nitrogen and oxygen atoms in total. The van der Waals surface area contributed by atoms with Crippen molar-refractivity contribution in [2.24, 2.45) is 5.73 Å². The van der Waals surface area contributed by atoms with Crippen molar-refractivity contribution >= 4 is 23.4 Å². The Morgan fingerprint density at radius 1 is 1.13 bits per heavy atom. The maximum absolute atomic E-state index is 10.2. The minimum Gasteiger partial charge on any atom is -0.480 e. The van der Waals surface area contributed by atoms with Crippen LogP contribution in [0.5, 0.6) is 0 Å². The number of nitrogens with one attached hydrogen (secondary N) is 1. The molecule has 0 unspecified atom stereocenters. The van der Waals surface area contributed by atoms with Crippen molar-refractivity contribution in [1.82, 2.24) is 5.32 Å². The molecule has 0 atom stereocenters. The van der Waals surface area contributed by atoms with E-state index in [2.05, 4.69) is 11.1 Å². The number of Topliss-reactive ketones (excluding diaryl/α,β-unsaturated/α-hetero) is 2. The molecule has 0 radical (unpaired) electrons. The fourth-order valence-electron chi connectivity index (χ4n) is 0.345. The molecule has 15 heavy (non-hydrogen) atoms. The molecule has 0 aliphatic carbocycles. The highest BCUT2D eigenvalue weighted by atomic mass is 16.4. The Morgan fingerprint density at radius 3 is 1.73 bits per heavy atom. The van der Waals surface area contributed by atoms with E-state index in [1.54, 1.807) is 0 Å². The standard InChI is InChI=1S/C5H9NO3.C3H5NO2/c1-4(7)2-6-3-5(8)9;1-2(5)3(4)6/h6H,2-3H2,1H3,(H,8,9);1H3,(H2,4,6). The molecule has 4 N–H and O–H groups in total. The summed E-state index contributed by atoms with van der Waals surface area (Å²) in [5, 5.41) is 10.5. The molecule has 0 saturated carbocycles. The molecule has 1 amide bonds. The SMILES string of the molecule is CC(=O)C(N)=O.CC(=O)CNCC(=O)O. The van der Waals surface area contributed by atoms with Gasteiger partial charge in [0.25, 0.3) is 5.91 Å². The first-order valence-electron chi connectivity index (χ1n) is 3.99. The monoisotopic (exact) mass is 218 g/mol. The lowest BCUT2D eigenvalue weighted by molar-refractivity contribution is -0.136. The molecule has 0 saturated heterocycles. The number of amides is 1. The zero-order chi connectivity index (χ0) is 12.4.